The van der Waals surface area contributed by atoms with Crippen molar-refractivity contribution in [3.63, 3.8) is 0 Å². The molecule has 4 nitrogen and oxygen atoms in total. The van der Waals surface area contributed by atoms with E-state index in [0.29, 0.717) is 5.75 Å². The fraction of sp³-hybridized carbons (Fsp3) is 0.375. The molecule has 5 heteroatoms. The molecule has 0 bridgehead atoms. The minimum absolute atomic E-state index is 0.334. The van der Waals surface area contributed by atoms with Gasteiger partial charge in [0.2, 0.25) is 0 Å². The van der Waals surface area contributed by atoms with E-state index in [1.807, 2.05) is 32.9 Å². The largest absolute Gasteiger partial charge is 0.496 e. The number of ether oxygens (including phenoxy) is 2. The molecule has 1 aromatic heterocycles. The predicted molar refractivity (Wildman–Crippen MR) is 86.2 cm³/mol. The third-order valence-corrected chi connectivity index (χ3v) is 4.39. The topological polar surface area (TPSA) is 57.6 Å². The van der Waals surface area contributed by atoms with E-state index in [2.05, 4.69) is 15.9 Å². The van der Waals surface area contributed by atoms with Crippen molar-refractivity contribution in [2.45, 2.75) is 26.8 Å². The van der Waals surface area contributed by atoms with Gasteiger partial charge < -0.3 is 19.6 Å². The van der Waals surface area contributed by atoms with Crippen LogP contribution in [0.4, 0.5) is 0 Å². The molecule has 0 aliphatic heterocycles. The Labute approximate surface area is 133 Å². The standard InChI is InChI=1S/C16H20BrNO3/c1-8-9(2)21-10(3)15(8)16(18)11-6-14(20-5)12(17)7-13(11)19-4/h6-7,16H,18H2,1-5H3. The quantitative estimate of drug-likeness (QED) is 0.901. The third-order valence-electron chi connectivity index (χ3n) is 3.77. The summed E-state index contributed by atoms with van der Waals surface area (Å²) >= 11 is 3.46. The summed E-state index contributed by atoms with van der Waals surface area (Å²) in [7, 11) is 3.26. The van der Waals surface area contributed by atoms with E-state index in [1.54, 1.807) is 14.2 Å². The van der Waals surface area contributed by atoms with Gasteiger partial charge in [0.15, 0.2) is 0 Å². The molecular weight excluding hydrogens is 334 g/mol. The molecule has 0 saturated carbocycles. The minimum Gasteiger partial charge on any atom is -0.496 e. The number of hydrogen-bond donors (Lipinski definition) is 1. The summed E-state index contributed by atoms with van der Waals surface area (Å²) in [5.41, 5.74) is 9.40. The van der Waals surface area contributed by atoms with Crippen LogP contribution < -0.4 is 15.2 Å². The summed E-state index contributed by atoms with van der Waals surface area (Å²) in [4.78, 5) is 0. The number of benzene rings is 1. The lowest BCUT2D eigenvalue weighted by molar-refractivity contribution is 0.395. The molecule has 114 valence electrons. The maximum Gasteiger partial charge on any atom is 0.133 e. The first-order valence-electron chi connectivity index (χ1n) is 6.64. The van der Waals surface area contributed by atoms with Crippen molar-refractivity contribution in [3.8, 4) is 11.5 Å². The van der Waals surface area contributed by atoms with Crippen LogP contribution in [0, 0.1) is 20.8 Å². The van der Waals surface area contributed by atoms with Gasteiger partial charge in [-0.05, 0) is 54.4 Å². The highest BCUT2D eigenvalue weighted by Gasteiger charge is 2.23. The van der Waals surface area contributed by atoms with Crippen molar-refractivity contribution in [3.05, 3.63) is 44.8 Å². The first kappa shape index (κ1) is 15.9. The maximum atomic E-state index is 6.47. The van der Waals surface area contributed by atoms with Crippen LogP contribution in [0.3, 0.4) is 0 Å². The fourth-order valence-corrected chi connectivity index (χ4v) is 3.03. The summed E-state index contributed by atoms with van der Waals surface area (Å²) in [6.45, 7) is 5.89. The van der Waals surface area contributed by atoms with Crippen LogP contribution in [0.5, 0.6) is 11.5 Å². The number of furan rings is 1. The van der Waals surface area contributed by atoms with E-state index in [-0.39, 0.29) is 6.04 Å². The molecule has 0 amide bonds. The molecule has 1 atom stereocenters. The van der Waals surface area contributed by atoms with Crippen molar-refractivity contribution in [2.24, 2.45) is 5.73 Å². The van der Waals surface area contributed by atoms with E-state index in [9.17, 15) is 0 Å². The molecule has 0 spiro atoms. The highest BCUT2D eigenvalue weighted by Crippen LogP contribution is 2.39. The van der Waals surface area contributed by atoms with E-state index in [1.165, 1.54) is 0 Å². The Kier molecular flexibility index (Phi) is 4.64. The number of methoxy groups -OCH3 is 2. The Bertz CT molecular complexity index is 664. The van der Waals surface area contributed by atoms with Crippen LogP contribution in [0.1, 0.15) is 34.3 Å². The van der Waals surface area contributed by atoms with Crippen LogP contribution in [-0.4, -0.2) is 14.2 Å². The van der Waals surface area contributed by atoms with Crippen LogP contribution in [0.2, 0.25) is 0 Å². The van der Waals surface area contributed by atoms with Crippen molar-refractivity contribution in [1.82, 2.24) is 0 Å². The second-order valence-electron chi connectivity index (χ2n) is 4.96. The van der Waals surface area contributed by atoms with Gasteiger partial charge in [-0.1, -0.05) is 0 Å². The normalized spacial score (nSPS) is 12.3. The van der Waals surface area contributed by atoms with Crippen LogP contribution in [0.25, 0.3) is 0 Å². The van der Waals surface area contributed by atoms with Crippen molar-refractivity contribution in [1.29, 1.82) is 0 Å². The Morgan fingerprint density at radius 1 is 1.05 bits per heavy atom. The molecule has 0 saturated heterocycles. The van der Waals surface area contributed by atoms with Gasteiger partial charge in [-0.15, -0.1) is 0 Å². The van der Waals surface area contributed by atoms with Crippen molar-refractivity contribution < 1.29 is 13.9 Å². The number of hydrogen-bond acceptors (Lipinski definition) is 4. The SMILES string of the molecule is COc1cc(C(N)c2c(C)oc(C)c2C)c(OC)cc1Br. The Balaban J connectivity index is 2.59. The Morgan fingerprint density at radius 2 is 1.67 bits per heavy atom. The van der Waals surface area contributed by atoms with Gasteiger partial charge in [-0.25, -0.2) is 0 Å². The van der Waals surface area contributed by atoms with E-state index in [0.717, 1.165) is 38.4 Å². The zero-order valence-electron chi connectivity index (χ0n) is 12.9. The van der Waals surface area contributed by atoms with Crippen molar-refractivity contribution in [2.75, 3.05) is 14.2 Å². The van der Waals surface area contributed by atoms with E-state index in [4.69, 9.17) is 19.6 Å². The lowest BCUT2D eigenvalue weighted by Gasteiger charge is -2.18. The summed E-state index contributed by atoms with van der Waals surface area (Å²) in [5.74, 6) is 3.16. The number of halogens is 1. The highest BCUT2D eigenvalue weighted by atomic mass is 79.9. The predicted octanol–water partition coefficient (Wildman–Crippen LogP) is 4.03. The van der Waals surface area contributed by atoms with Crippen LogP contribution in [-0.2, 0) is 0 Å². The first-order valence-corrected chi connectivity index (χ1v) is 7.43. The van der Waals surface area contributed by atoms with Gasteiger partial charge in [-0.2, -0.15) is 0 Å². The Hall–Kier alpha value is -1.46. The lowest BCUT2D eigenvalue weighted by Crippen LogP contribution is -2.15. The second-order valence-corrected chi connectivity index (χ2v) is 5.81. The van der Waals surface area contributed by atoms with Crippen LogP contribution >= 0.6 is 15.9 Å². The fourth-order valence-electron chi connectivity index (χ4n) is 2.55. The number of rotatable bonds is 4. The zero-order valence-corrected chi connectivity index (χ0v) is 14.5. The number of nitrogens with two attached hydrogens (primary N) is 1. The highest BCUT2D eigenvalue weighted by molar-refractivity contribution is 9.10. The summed E-state index contributed by atoms with van der Waals surface area (Å²) in [6.07, 6.45) is 0. The van der Waals surface area contributed by atoms with Gasteiger partial charge in [0, 0.05) is 11.1 Å². The molecule has 0 fully saturated rings. The molecule has 2 N–H and O–H groups in total. The average Bonchev–Trinajstić information content (AvgIpc) is 2.71. The molecule has 1 unspecified atom stereocenters. The molecule has 2 aromatic rings. The molecular formula is C16H20BrNO3. The van der Waals surface area contributed by atoms with Crippen molar-refractivity contribution >= 4 is 15.9 Å². The maximum absolute atomic E-state index is 6.47. The summed E-state index contributed by atoms with van der Waals surface area (Å²) in [6, 6.07) is 3.43. The van der Waals surface area contributed by atoms with Gasteiger partial charge in [0.25, 0.3) is 0 Å². The molecule has 0 aliphatic carbocycles. The smallest absolute Gasteiger partial charge is 0.133 e. The molecule has 1 aromatic carbocycles. The molecule has 1 heterocycles. The van der Waals surface area contributed by atoms with Crippen LogP contribution in [0.15, 0.2) is 21.0 Å². The molecule has 21 heavy (non-hydrogen) atoms. The first-order chi connectivity index (χ1) is 9.90. The van der Waals surface area contributed by atoms with E-state index >= 15 is 0 Å². The van der Waals surface area contributed by atoms with E-state index < -0.39 is 0 Å². The van der Waals surface area contributed by atoms with Gasteiger partial charge in [-0.3, -0.25) is 0 Å². The molecule has 2 rings (SSSR count). The molecule has 0 radical (unpaired) electrons. The van der Waals surface area contributed by atoms with Gasteiger partial charge in [0.05, 0.1) is 24.7 Å². The van der Waals surface area contributed by atoms with Gasteiger partial charge in [0.1, 0.15) is 23.0 Å². The average molecular weight is 354 g/mol. The second kappa shape index (κ2) is 6.12. The number of aryl methyl sites for hydroxylation is 2. The summed E-state index contributed by atoms with van der Waals surface area (Å²) in [5, 5.41) is 0. The van der Waals surface area contributed by atoms with Gasteiger partial charge >= 0.3 is 0 Å². The summed E-state index contributed by atoms with van der Waals surface area (Å²) < 4.78 is 17.3. The Morgan fingerprint density at radius 3 is 2.14 bits per heavy atom. The monoisotopic (exact) mass is 353 g/mol. The minimum atomic E-state index is -0.334. The lowest BCUT2D eigenvalue weighted by atomic mass is 9.95. The molecule has 0 aliphatic rings. The zero-order chi connectivity index (χ0) is 15.7. The third kappa shape index (κ3) is 2.80.